The first-order valence-corrected chi connectivity index (χ1v) is 10.4. The minimum absolute atomic E-state index is 0.0731. The van der Waals surface area contributed by atoms with E-state index < -0.39 is 5.97 Å². The minimum Gasteiger partial charge on any atom is -0.478 e. The Morgan fingerprint density at radius 1 is 1.21 bits per heavy atom. The topological polar surface area (TPSA) is 70.5 Å². The van der Waals surface area contributed by atoms with E-state index in [0.29, 0.717) is 25.6 Å². The number of carboxylic acid groups (broad SMARTS) is 1. The third kappa shape index (κ3) is 3.98. The number of aromatic nitrogens is 1. The van der Waals surface area contributed by atoms with Crippen LogP contribution in [0.1, 0.15) is 16.1 Å². The molecule has 2 heterocycles. The zero-order chi connectivity index (χ0) is 20.5. The smallest absolute Gasteiger partial charge is 0.335 e. The molecule has 4 rings (SSSR count). The summed E-state index contributed by atoms with van der Waals surface area (Å²) in [6, 6.07) is 12.1. The Morgan fingerprint density at radius 2 is 1.97 bits per heavy atom. The maximum Gasteiger partial charge on any atom is 0.335 e. The number of amides is 1. The number of rotatable bonds is 4. The van der Waals surface area contributed by atoms with Crippen molar-refractivity contribution in [3.8, 4) is 10.6 Å². The number of thioether (sulfide) groups is 1. The van der Waals surface area contributed by atoms with E-state index in [9.17, 15) is 14.0 Å². The lowest BCUT2D eigenvalue weighted by atomic mass is 10.2. The lowest BCUT2D eigenvalue weighted by Crippen LogP contribution is -2.27. The molecule has 2 aromatic carbocycles. The van der Waals surface area contributed by atoms with Crippen molar-refractivity contribution >= 4 is 63.3 Å². The van der Waals surface area contributed by atoms with E-state index in [-0.39, 0.29) is 17.3 Å². The third-order valence-electron chi connectivity index (χ3n) is 4.04. The van der Waals surface area contributed by atoms with E-state index >= 15 is 0 Å². The van der Waals surface area contributed by atoms with Crippen molar-refractivity contribution in [3.05, 3.63) is 75.9 Å². The molecule has 1 N–H and O–H groups in total. The summed E-state index contributed by atoms with van der Waals surface area (Å²) >= 11 is 7.84. The fourth-order valence-electron chi connectivity index (χ4n) is 2.68. The summed E-state index contributed by atoms with van der Waals surface area (Å²) in [6.45, 7) is 0. The van der Waals surface area contributed by atoms with Crippen LogP contribution in [0.2, 0.25) is 0 Å². The molecule has 0 aliphatic carbocycles. The first-order valence-electron chi connectivity index (χ1n) is 8.25. The van der Waals surface area contributed by atoms with Crippen LogP contribution in [0.4, 0.5) is 10.1 Å². The van der Waals surface area contributed by atoms with Gasteiger partial charge in [0.2, 0.25) is 0 Å². The van der Waals surface area contributed by atoms with E-state index in [0.717, 1.165) is 17.3 Å². The molecule has 1 aliphatic heterocycles. The summed E-state index contributed by atoms with van der Waals surface area (Å²) < 4.78 is 13.4. The Hall–Kier alpha value is -2.88. The molecule has 1 aromatic heterocycles. The maximum absolute atomic E-state index is 13.1. The number of halogens is 1. The summed E-state index contributed by atoms with van der Waals surface area (Å²) in [5.41, 5.74) is 1.85. The molecular weight excluding hydrogens is 431 g/mol. The quantitative estimate of drug-likeness (QED) is 0.450. The van der Waals surface area contributed by atoms with Gasteiger partial charge in [0.15, 0.2) is 4.32 Å². The number of hydrogen-bond donors (Lipinski definition) is 1. The van der Waals surface area contributed by atoms with Crippen LogP contribution in [0.5, 0.6) is 0 Å². The Balaban J connectivity index is 1.60. The number of carbonyl (C=O) groups excluding carboxylic acids is 1. The van der Waals surface area contributed by atoms with Crippen molar-refractivity contribution < 1.29 is 19.1 Å². The molecule has 9 heteroatoms. The van der Waals surface area contributed by atoms with E-state index in [1.807, 2.05) is 0 Å². The number of aromatic carboxylic acids is 1. The second-order valence-electron chi connectivity index (χ2n) is 5.96. The van der Waals surface area contributed by atoms with Crippen LogP contribution in [0.15, 0.2) is 58.8 Å². The van der Waals surface area contributed by atoms with Gasteiger partial charge in [0.1, 0.15) is 10.8 Å². The van der Waals surface area contributed by atoms with E-state index in [1.165, 1.54) is 40.5 Å². The van der Waals surface area contributed by atoms with Gasteiger partial charge in [0.05, 0.1) is 21.8 Å². The summed E-state index contributed by atoms with van der Waals surface area (Å²) in [6.07, 6.45) is 1.64. The predicted molar refractivity (Wildman–Crippen MR) is 117 cm³/mol. The lowest BCUT2D eigenvalue weighted by Gasteiger charge is -2.14. The first-order chi connectivity index (χ1) is 13.9. The Labute approximate surface area is 178 Å². The number of thiocarbonyl (C=S) groups is 1. The zero-order valence-corrected chi connectivity index (χ0v) is 17.0. The Kier molecular flexibility index (Phi) is 5.27. The largest absolute Gasteiger partial charge is 0.478 e. The first kappa shape index (κ1) is 19.4. The van der Waals surface area contributed by atoms with Crippen LogP contribution in [0.25, 0.3) is 16.6 Å². The average Bonchev–Trinajstić information content (AvgIpc) is 3.27. The van der Waals surface area contributed by atoms with Crippen molar-refractivity contribution in [1.82, 2.24) is 4.98 Å². The van der Waals surface area contributed by atoms with Crippen LogP contribution in [-0.4, -0.2) is 26.3 Å². The van der Waals surface area contributed by atoms with Gasteiger partial charge < -0.3 is 5.11 Å². The molecule has 144 valence electrons. The highest BCUT2D eigenvalue weighted by Crippen LogP contribution is 2.36. The van der Waals surface area contributed by atoms with Gasteiger partial charge in [-0.15, -0.1) is 11.3 Å². The van der Waals surface area contributed by atoms with Crippen LogP contribution in [0.3, 0.4) is 0 Å². The standard InChI is InChI=1S/C20H11FN2O3S3/c21-13-6-4-11(5-7-13)17-22-14(10-28-17)9-16-18(24)23(20(27)29-16)15-3-1-2-12(8-15)19(25)26/h1-10H,(H,25,26)/b16-9+. The third-order valence-corrected chi connectivity index (χ3v) is 6.25. The molecular formula is C20H11FN2O3S3. The number of anilines is 1. The highest BCUT2D eigenvalue weighted by atomic mass is 32.2. The molecule has 0 unspecified atom stereocenters. The fraction of sp³-hybridized carbons (Fsp3) is 0. The highest BCUT2D eigenvalue weighted by molar-refractivity contribution is 8.27. The van der Waals surface area contributed by atoms with E-state index in [1.54, 1.807) is 35.7 Å². The molecule has 29 heavy (non-hydrogen) atoms. The van der Waals surface area contributed by atoms with Crippen molar-refractivity contribution in [2.45, 2.75) is 0 Å². The van der Waals surface area contributed by atoms with Crippen molar-refractivity contribution in [2.75, 3.05) is 4.90 Å². The molecule has 0 atom stereocenters. The van der Waals surface area contributed by atoms with Gasteiger partial charge in [-0.1, -0.05) is 30.0 Å². The molecule has 5 nitrogen and oxygen atoms in total. The fourth-order valence-corrected chi connectivity index (χ4v) is 4.75. The lowest BCUT2D eigenvalue weighted by molar-refractivity contribution is -0.113. The Morgan fingerprint density at radius 3 is 2.69 bits per heavy atom. The molecule has 0 spiro atoms. The molecule has 1 aliphatic rings. The number of carboxylic acids is 1. The number of thiazole rings is 1. The molecule has 0 radical (unpaired) electrons. The second kappa shape index (κ2) is 7.86. The van der Waals surface area contributed by atoms with Gasteiger partial charge in [-0.05, 0) is 48.5 Å². The van der Waals surface area contributed by atoms with Gasteiger partial charge in [-0.25, -0.2) is 14.2 Å². The van der Waals surface area contributed by atoms with Crippen molar-refractivity contribution in [2.24, 2.45) is 0 Å². The van der Waals surface area contributed by atoms with Gasteiger partial charge >= 0.3 is 5.97 Å². The molecule has 1 amide bonds. The predicted octanol–water partition coefficient (Wildman–Crippen LogP) is 5.05. The SMILES string of the molecule is O=C(O)c1cccc(N2C(=O)/C(=C\c3csc(-c4ccc(F)cc4)n3)SC2=S)c1. The molecule has 0 bridgehead atoms. The van der Waals surface area contributed by atoms with Crippen LogP contribution in [-0.2, 0) is 4.79 Å². The minimum atomic E-state index is -1.08. The summed E-state index contributed by atoms with van der Waals surface area (Å²) in [7, 11) is 0. The van der Waals surface area contributed by atoms with Gasteiger partial charge in [-0.3, -0.25) is 9.69 Å². The number of benzene rings is 2. The number of carbonyl (C=O) groups is 2. The highest BCUT2D eigenvalue weighted by Gasteiger charge is 2.33. The molecule has 1 fully saturated rings. The summed E-state index contributed by atoms with van der Waals surface area (Å²) in [5.74, 6) is -1.73. The maximum atomic E-state index is 13.1. The van der Waals surface area contributed by atoms with E-state index in [2.05, 4.69) is 4.98 Å². The summed E-state index contributed by atoms with van der Waals surface area (Å²) in [5, 5.41) is 11.7. The average molecular weight is 443 g/mol. The number of hydrogen-bond acceptors (Lipinski definition) is 6. The van der Waals surface area contributed by atoms with Crippen LogP contribution >= 0.6 is 35.3 Å². The second-order valence-corrected chi connectivity index (χ2v) is 8.49. The van der Waals surface area contributed by atoms with Gasteiger partial charge in [-0.2, -0.15) is 0 Å². The number of nitrogens with zero attached hydrogens (tertiary/aromatic N) is 2. The molecule has 3 aromatic rings. The van der Waals surface area contributed by atoms with Crippen LogP contribution < -0.4 is 4.90 Å². The normalized spacial score (nSPS) is 15.3. The Bertz CT molecular complexity index is 1170. The van der Waals surface area contributed by atoms with Crippen molar-refractivity contribution in [1.29, 1.82) is 0 Å². The van der Waals surface area contributed by atoms with Gasteiger partial charge in [0, 0.05) is 10.9 Å². The van der Waals surface area contributed by atoms with Crippen molar-refractivity contribution in [3.63, 3.8) is 0 Å². The van der Waals surface area contributed by atoms with Gasteiger partial charge in [0.25, 0.3) is 5.91 Å². The van der Waals surface area contributed by atoms with Crippen LogP contribution in [0, 0.1) is 5.82 Å². The van der Waals surface area contributed by atoms with E-state index in [4.69, 9.17) is 17.3 Å². The zero-order valence-electron chi connectivity index (χ0n) is 14.5. The monoisotopic (exact) mass is 442 g/mol. The summed E-state index contributed by atoms with van der Waals surface area (Å²) in [4.78, 5) is 30.2. The molecule has 1 saturated heterocycles. The molecule has 0 saturated carbocycles.